The van der Waals surface area contributed by atoms with Crippen molar-refractivity contribution in [3.63, 3.8) is 0 Å². The lowest BCUT2D eigenvalue weighted by atomic mass is 10.1. The standard InChI is InChI=1S/C21H23F2N7O2.H2S/c1-11-20-17(29(3)12(2)21(31)26-20)7-19(25-11)24-8-14-10-30(28-27-14)9-13-5-15(22)16(23)6-18(13)32-4;/h5-7,10,12H,8-9H2,1-4H3,(H,24,25)(H,26,31);1H2/t12-;/m0./s1. The van der Waals surface area contributed by atoms with Crippen molar-refractivity contribution in [1.29, 1.82) is 0 Å². The van der Waals surface area contributed by atoms with Crippen molar-refractivity contribution in [2.45, 2.75) is 33.0 Å². The second-order valence-corrected chi connectivity index (χ2v) is 7.60. The Morgan fingerprint density at radius 3 is 2.70 bits per heavy atom. The molecule has 0 fully saturated rings. The highest BCUT2D eigenvalue weighted by Gasteiger charge is 2.28. The van der Waals surface area contributed by atoms with E-state index in [1.165, 1.54) is 11.8 Å². The molecule has 9 nitrogen and oxygen atoms in total. The van der Waals surface area contributed by atoms with E-state index in [1.54, 1.807) is 6.20 Å². The smallest absolute Gasteiger partial charge is 0.246 e. The maximum atomic E-state index is 13.6. The van der Waals surface area contributed by atoms with Crippen LogP contribution in [0, 0.1) is 18.6 Å². The van der Waals surface area contributed by atoms with Gasteiger partial charge in [-0.25, -0.2) is 18.4 Å². The number of carbonyl (C=O) groups is 1. The van der Waals surface area contributed by atoms with Crippen molar-refractivity contribution in [2.75, 3.05) is 29.7 Å². The van der Waals surface area contributed by atoms with Gasteiger partial charge in [-0.2, -0.15) is 13.5 Å². The summed E-state index contributed by atoms with van der Waals surface area (Å²) in [6.07, 6.45) is 1.70. The van der Waals surface area contributed by atoms with E-state index in [1.807, 2.05) is 31.9 Å². The summed E-state index contributed by atoms with van der Waals surface area (Å²) in [5, 5.41) is 14.3. The lowest BCUT2D eigenvalue weighted by Crippen LogP contribution is -2.44. The number of fused-ring (bicyclic) bond motifs is 1. The highest BCUT2D eigenvalue weighted by Crippen LogP contribution is 2.35. The number of nitrogens with one attached hydrogen (secondary N) is 2. The first-order chi connectivity index (χ1) is 15.3. The van der Waals surface area contributed by atoms with Crippen molar-refractivity contribution in [3.05, 3.63) is 53.0 Å². The minimum Gasteiger partial charge on any atom is -0.496 e. The first-order valence-corrected chi connectivity index (χ1v) is 9.97. The van der Waals surface area contributed by atoms with Gasteiger partial charge < -0.3 is 20.3 Å². The number of pyridine rings is 1. The van der Waals surface area contributed by atoms with Crippen molar-refractivity contribution >= 4 is 36.6 Å². The fourth-order valence-corrected chi connectivity index (χ4v) is 3.53. The van der Waals surface area contributed by atoms with Crippen LogP contribution < -0.4 is 20.3 Å². The van der Waals surface area contributed by atoms with E-state index >= 15 is 0 Å². The average molecular weight is 478 g/mol. The number of amides is 1. The monoisotopic (exact) mass is 477 g/mol. The van der Waals surface area contributed by atoms with E-state index in [9.17, 15) is 13.6 Å². The highest BCUT2D eigenvalue weighted by atomic mass is 32.1. The molecule has 0 aliphatic carbocycles. The zero-order valence-electron chi connectivity index (χ0n) is 18.6. The van der Waals surface area contributed by atoms with Crippen LogP contribution in [0.4, 0.5) is 26.0 Å². The first-order valence-electron chi connectivity index (χ1n) is 9.97. The summed E-state index contributed by atoms with van der Waals surface area (Å²) in [4.78, 5) is 18.5. The van der Waals surface area contributed by atoms with Gasteiger partial charge in [-0.15, -0.1) is 5.10 Å². The van der Waals surface area contributed by atoms with Crippen molar-refractivity contribution in [1.82, 2.24) is 20.0 Å². The van der Waals surface area contributed by atoms with Crippen LogP contribution in [0.1, 0.15) is 23.9 Å². The number of aromatic nitrogens is 4. The summed E-state index contributed by atoms with van der Waals surface area (Å²) in [6.45, 7) is 4.19. The van der Waals surface area contributed by atoms with Crippen LogP contribution in [0.15, 0.2) is 24.4 Å². The molecule has 33 heavy (non-hydrogen) atoms. The summed E-state index contributed by atoms with van der Waals surface area (Å²) in [5.74, 6) is -1.12. The Morgan fingerprint density at radius 2 is 1.97 bits per heavy atom. The van der Waals surface area contributed by atoms with E-state index in [2.05, 4.69) is 25.9 Å². The molecular weight excluding hydrogens is 452 g/mol. The Hall–Kier alpha value is -3.41. The Balaban J connectivity index is 0.00000306. The molecule has 1 aliphatic rings. The number of carbonyl (C=O) groups excluding carboxylic acids is 1. The molecule has 0 bridgehead atoms. The van der Waals surface area contributed by atoms with Crippen LogP contribution in [0.3, 0.4) is 0 Å². The van der Waals surface area contributed by atoms with Crippen molar-refractivity contribution in [2.24, 2.45) is 0 Å². The van der Waals surface area contributed by atoms with Crippen LogP contribution in [-0.2, 0) is 17.9 Å². The number of hydrogen-bond acceptors (Lipinski definition) is 7. The number of rotatable bonds is 6. The molecule has 1 aromatic carbocycles. The number of likely N-dealkylation sites (N-methyl/N-ethyl adjacent to an activating group) is 1. The Morgan fingerprint density at radius 1 is 1.24 bits per heavy atom. The predicted molar refractivity (Wildman–Crippen MR) is 125 cm³/mol. The third-order valence-electron chi connectivity index (χ3n) is 5.46. The summed E-state index contributed by atoms with van der Waals surface area (Å²) < 4.78 is 33.7. The zero-order chi connectivity index (χ0) is 23.0. The molecule has 1 amide bonds. The molecule has 0 saturated heterocycles. The number of ether oxygens (including phenoxy) is 1. The van der Waals surface area contributed by atoms with E-state index < -0.39 is 11.6 Å². The molecule has 2 aromatic heterocycles. The quantitative estimate of drug-likeness (QED) is 0.564. The predicted octanol–water partition coefficient (Wildman–Crippen LogP) is 2.82. The number of nitrogens with zero attached hydrogens (tertiary/aromatic N) is 5. The van der Waals surface area contributed by atoms with Gasteiger partial charge in [0, 0.05) is 24.7 Å². The molecule has 3 aromatic rings. The topological polar surface area (TPSA) is 97.2 Å². The van der Waals surface area contributed by atoms with Crippen molar-refractivity contribution < 1.29 is 18.3 Å². The number of methoxy groups -OCH3 is 1. The fraction of sp³-hybridized carbons (Fsp3) is 0.333. The van der Waals surface area contributed by atoms with Crippen LogP contribution in [0.25, 0.3) is 0 Å². The second kappa shape index (κ2) is 9.61. The van der Waals surface area contributed by atoms with E-state index in [0.29, 0.717) is 35.0 Å². The molecule has 0 radical (unpaired) electrons. The normalized spacial score (nSPS) is 14.9. The van der Waals surface area contributed by atoms with Gasteiger partial charge in [0.25, 0.3) is 0 Å². The van der Waals surface area contributed by atoms with Gasteiger partial charge in [-0.1, -0.05) is 5.21 Å². The van der Waals surface area contributed by atoms with E-state index in [0.717, 1.165) is 17.8 Å². The summed E-state index contributed by atoms with van der Waals surface area (Å²) in [5.41, 5.74) is 3.36. The van der Waals surface area contributed by atoms with Gasteiger partial charge in [-0.3, -0.25) is 4.79 Å². The summed E-state index contributed by atoms with van der Waals surface area (Å²) in [7, 11) is 3.26. The lowest BCUT2D eigenvalue weighted by molar-refractivity contribution is -0.117. The lowest BCUT2D eigenvalue weighted by Gasteiger charge is -2.34. The third kappa shape index (κ3) is 4.85. The van der Waals surface area contributed by atoms with Gasteiger partial charge in [-0.05, 0) is 19.9 Å². The molecule has 12 heteroatoms. The summed E-state index contributed by atoms with van der Waals surface area (Å²) in [6, 6.07) is 3.68. The van der Waals surface area contributed by atoms with Gasteiger partial charge in [0.05, 0.1) is 43.5 Å². The van der Waals surface area contributed by atoms with Crippen LogP contribution in [0.2, 0.25) is 0 Å². The highest BCUT2D eigenvalue weighted by molar-refractivity contribution is 7.59. The minimum atomic E-state index is -0.971. The van der Waals surface area contributed by atoms with Crippen LogP contribution >= 0.6 is 13.5 Å². The number of aryl methyl sites for hydroxylation is 1. The number of halogens is 2. The van der Waals surface area contributed by atoms with Gasteiger partial charge >= 0.3 is 0 Å². The number of benzene rings is 1. The largest absolute Gasteiger partial charge is 0.496 e. The van der Waals surface area contributed by atoms with Crippen LogP contribution in [0.5, 0.6) is 5.75 Å². The maximum Gasteiger partial charge on any atom is 0.246 e. The molecule has 176 valence electrons. The van der Waals surface area contributed by atoms with Gasteiger partial charge in [0.2, 0.25) is 5.91 Å². The molecule has 0 unspecified atom stereocenters. The summed E-state index contributed by atoms with van der Waals surface area (Å²) >= 11 is 0. The molecule has 1 aliphatic heterocycles. The van der Waals surface area contributed by atoms with E-state index in [4.69, 9.17) is 4.74 Å². The third-order valence-corrected chi connectivity index (χ3v) is 5.46. The van der Waals surface area contributed by atoms with Gasteiger partial charge in [0.15, 0.2) is 11.6 Å². The maximum absolute atomic E-state index is 13.6. The molecular formula is C21H25F2N7O2S. The Bertz CT molecular complexity index is 1190. The fourth-order valence-electron chi connectivity index (χ4n) is 3.53. The number of hydrogen-bond donors (Lipinski definition) is 2. The van der Waals surface area contributed by atoms with E-state index in [-0.39, 0.29) is 37.7 Å². The Kier molecular flexibility index (Phi) is 7.06. The molecule has 0 saturated carbocycles. The Labute approximate surface area is 196 Å². The average Bonchev–Trinajstić information content (AvgIpc) is 3.21. The van der Waals surface area contributed by atoms with Crippen LogP contribution in [-0.4, -0.2) is 46.1 Å². The number of anilines is 3. The molecule has 2 N–H and O–H groups in total. The molecule has 4 rings (SSSR count). The second-order valence-electron chi connectivity index (χ2n) is 7.60. The first kappa shape index (κ1) is 24.2. The zero-order valence-corrected chi connectivity index (χ0v) is 19.6. The van der Waals surface area contributed by atoms with Crippen molar-refractivity contribution in [3.8, 4) is 5.75 Å². The molecule has 0 spiro atoms. The molecule has 1 atom stereocenters. The van der Waals surface area contributed by atoms with Gasteiger partial charge in [0.1, 0.15) is 23.3 Å². The SMILES string of the molecule is COc1cc(F)c(F)cc1Cn1cc(CNc2cc3c(c(C)n2)NC(=O)[C@H](C)N3C)nn1.S. The molecule has 3 heterocycles. The minimum absolute atomic E-state index is 0.